The normalized spacial score (nSPS) is 16.7. The molecule has 1 aliphatic heterocycles. The molecule has 0 radical (unpaired) electrons. The van der Waals surface area contributed by atoms with Crippen LogP contribution in [0.15, 0.2) is 64.4 Å². The molecule has 1 amide bonds. The summed E-state index contributed by atoms with van der Waals surface area (Å²) in [6.45, 7) is 0.582. The summed E-state index contributed by atoms with van der Waals surface area (Å²) < 4.78 is 34.3. The van der Waals surface area contributed by atoms with Gasteiger partial charge in [0.2, 0.25) is 5.91 Å². The van der Waals surface area contributed by atoms with Crippen LogP contribution in [-0.4, -0.2) is 48.3 Å². The SMILES string of the molecule is COc1ccc2nc(N(Cc3ccncc3)C(=O)C3CCCN3S(=O)(=O)c3cccs3)sc2c1. The van der Waals surface area contributed by atoms with Gasteiger partial charge in [0.1, 0.15) is 16.0 Å². The number of ether oxygens (including phenoxy) is 1. The third-order valence-electron chi connectivity index (χ3n) is 5.72. The number of thiophene rings is 1. The number of rotatable bonds is 7. The van der Waals surface area contributed by atoms with Crippen molar-refractivity contribution in [2.24, 2.45) is 0 Å². The van der Waals surface area contributed by atoms with Gasteiger partial charge < -0.3 is 4.74 Å². The van der Waals surface area contributed by atoms with Crippen molar-refractivity contribution in [1.29, 1.82) is 0 Å². The summed E-state index contributed by atoms with van der Waals surface area (Å²) >= 11 is 2.54. The second kappa shape index (κ2) is 9.41. The molecule has 4 heterocycles. The maximum absolute atomic E-state index is 13.9. The number of carbonyl (C=O) groups is 1. The number of nitrogens with zero attached hydrogens (tertiary/aromatic N) is 4. The van der Waals surface area contributed by atoms with Crippen LogP contribution in [-0.2, 0) is 21.4 Å². The fraction of sp³-hybridized carbons (Fsp3) is 0.261. The number of benzene rings is 1. The summed E-state index contributed by atoms with van der Waals surface area (Å²) in [5, 5.41) is 2.25. The Kier molecular flexibility index (Phi) is 6.34. The van der Waals surface area contributed by atoms with E-state index < -0.39 is 16.1 Å². The van der Waals surface area contributed by atoms with Crippen LogP contribution in [0.1, 0.15) is 18.4 Å². The molecule has 1 unspecified atom stereocenters. The number of fused-ring (bicyclic) bond motifs is 1. The van der Waals surface area contributed by atoms with Crippen molar-refractivity contribution in [3.05, 3.63) is 65.8 Å². The van der Waals surface area contributed by atoms with Gasteiger partial charge in [0, 0.05) is 18.9 Å². The quantitative estimate of drug-likeness (QED) is 0.368. The van der Waals surface area contributed by atoms with Gasteiger partial charge in [-0.05, 0) is 60.2 Å². The Morgan fingerprint density at radius 2 is 2.06 bits per heavy atom. The van der Waals surface area contributed by atoms with Gasteiger partial charge in [-0.3, -0.25) is 14.7 Å². The van der Waals surface area contributed by atoms with Crippen LogP contribution >= 0.6 is 22.7 Å². The Morgan fingerprint density at radius 3 is 2.79 bits per heavy atom. The van der Waals surface area contributed by atoms with Crippen LogP contribution in [0.5, 0.6) is 5.75 Å². The molecule has 1 atom stereocenters. The van der Waals surface area contributed by atoms with Crippen LogP contribution in [0.2, 0.25) is 0 Å². The average Bonchev–Trinajstić information content (AvgIpc) is 3.62. The topological polar surface area (TPSA) is 92.7 Å². The molecular weight excluding hydrogens is 492 g/mol. The van der Waals surface area contributed by atoms with Crippen LogP contribution in [0.25, 0.3) is 10.2 Å². The number of aromatic nitrogens is 2. The van der Waals surface area contributed by atoms with Crippen molar-refractivity contribution in [3.63, 3.8) is 0 Å². The van der Waals surface area contributed by atoms with Crippen LogP contribution in [0.3, 0.4) is 0 Å². The molecule has 0 N–H and O–H groups in total. The Labute approximate surface area is 205 Å². The first-order valence-electron chi connectivity index (χ1n) is 10.7. The molecular formula is C23H22N4O4S3. The molecule has 8 nitrogen and oxygen atoms in total. The number of anilines is 1. The summed E-state index contributed by atoms with van der Waals surface area (Å²) in [6.07, 6.45) is 4.44. The highest BCUT2D eigenvalue weighted by atomic mass is 32.2. The van der Waals surface area contributed by atoms with Gasteiger partial charge in [-0.25, -0.2) is 13.4 Å². The molecule has 11 heteroatoms. The zero-order valence-electron chi connectivity index (χ0n) is 18.3. The first-order chi connectivity index (χ1) is 16.5. The van der Waals surface area contributed by atoms with Crippen LogP contribution in [0, 0.1) is 0 Å². The van der Waals surface area contributed by atoms with Crippen molar-refractivity contribution >= 4 is 54.0 Å². The average molecular weight is 515 g/mol. The van der Waals surface area contributed by atoms with Crippen molar-refractivity contribution < 1.29 is 17.9 Å². The standard InChI is InChI=1S/C23H22N4O4S3/c1-31-17-6-7-18-20(14-17)33-23(25-18)26(15-16-8-10-24-11-9-16)22(28)19-4-2-12-27(19)34(29,30)21-5-3-13-32-21/h3,5-11,13-14,19H,2,4,12,15H2,1H3. The zero-order valence-corrected chi connectivity index (χ0v) is 20.8. The van der Waals surface area contributed by atoms with Gasteiger partial charge in [-0.2, -0.15) is 4.31 Å². The molecule has 1 saturated heterocycles. The van der Waals surface area contributed by atoms with Gasteiger partial charge in [-0.15, -0.1) is 11.3 Å². The second-order valence-electron chi connectivity index (χ2n) is 7.82. The van der Waals surface area contributed by atoms with E-state index in [-0.39, 0.29) is 16.7 Å². The van der Waals surface area contributed by atoms with E-state index >= 15 is 0 Å². The summed E-state index contributed by atoms with van der Waals surface area (Å²) in [5.74, 6) is 0.430. The third kappa shape index (κ3) is 4.31. The number of hydrogen-bond donors (Lipinski definition) is 0. The minimum absolute atomic E-state index is 0.250. The molecule has 1 aromatic carbocycles. The van der Waals surface area contributed by atoms with Crippen molar-refractivity contribution in [2.75, 3.05) is 18.6 Å². The predicted octanol–water partition coefficient (Wildman–Crippen LogP) is 4.15. The summed E-state index contributed by atoms with van der Waals surface area (Å²) in [7, 11) is -2.15. The highest BCUT2D eigenvalue weighted by Crippen LogP contribution is 2.35. The summed E-state index contributed by atoms with van der Waals surface area (Å²) in [6, 6.07) is 11.7. The van der Waals surface area contributed by atoms with Gasteiger partial charge in [0.25, 0.3) is 10.0 Å². The number of methoxy groups -OCH3 is 1. The maximum atomic E-state index is 13.9. The fourth-order valence-corrected chi connectivity index (χ4v) is 7.80. The van der Waals surface area contributed by atoms with Gasteiger partial charge >= 0.3 is 0 Å². The summed E-state index contributed by atoms with van der Waals surface area (Å²) in [4.78, 5) is 24.3. The molecule has 0 saturated carbocycles. The monoisotopic (exact) mass is 514 g/mol. The van der Waals surface area contributed by atoms with Crippen molar-refractivity contribution in [1.82, 2.24) is 14.3 Å². The molecule has 176 valence electrons. The largest absolute Gasteiger partial charge is 0.497 e. The lowest BCUT2D eigenvalue weighted by molar-refractivity contribution is -0.121. The Morgan fingerprint density at radius 1 is 1.24 bits per heavy atom. The smallest absolute Gasteiger partial charge is 0.253 e. The molecule has 1 aliphatic rings. The second-order valence-corrected chi connectivity index (χ2v) is 11.9. The fourth-order valence-electron chi connectivity index (χ4n) is 4.03. The number of sulfonamides is 1. The van der Waals surface area contributed by atoms with E-state index in [4.69, 9.17) is 9.72 Å². The molecule has 3 aromatic heterocycles. The van der Waals surface area contributed by atoms with E-state index in [9.17, 15) is 13.2 Å². The molecule has 0 aliphatic carbocycles. The Hall–Kier alpha value is -2.86. The van der Waals surface area contributed by atoms with Crippen LogP contribution in [0.4, 0.5) is 5.13 Å². The molecule has 4 aromatic rings. The molecule has 5 rings (SSSR count). The van der Waals surface area contributed by atoms with E-state index in [0.29, 0.717) is 30.3 Å². The maximum Gasteiger partial charge on any atom is 0.253 e. The highest BCUT2D eigenvalue weighted by Gasteiger charge is 2.42. The van der Waals surface area contributed by atoms with E-state index in [0.717, 1.165) is 27.1 Å². The zero-order chi connectivity index (χ0) is 23.7. The Balaban J connectivity index is 1.53. The lowest BCUT2D eigenvalue weighted by Crippen LogP contribution is -2.47. The molecule has 1 fully saturated rings. The van der Waals surface area contributed by atoms with Crippen LogP contribution < -0.4 is 9.64 Å². The van der Waals surface area contributed by atoms with E-state index in [2.05, 4.69) is 4.98 Å². The number of hydrogen-bond acceptors (Lipinski definition) is 8. The number of thiazole rings is 1. The predicted molar refractivity (Wildman–Crippen MR) is 133 cm³/mol. The van der Waals surface area contributed by atoms with Crippen molar-refractivity contribution in [2.45, 2.75) is 29.6 Å². The molecule has 0 bridgehead atoms. The highest BCUT2D eigenvalue weighted by molar-refractivity contribution is 7.91. The molecule has 0 spiro atoms. The van der Waals surface area contributed by atoms with Gasteiger partial charge in [0.05, 0.1) is 23.9 Å². The van der Waals surface area contributed by atoms with Gasteiger partial charge in [0.15, 0.2) is 5.13 Å². The minimum atomic E-state index is -3.75. The number of amides is 1. The van der Waals surface area contributed by atoms with E-state index in [1.807, 2.05) is 30.3 Å². The summed E-state index contributed by atoms with van der Waals surface area (Å²) in [5.41, 5.74) is 1.63. The van der Waals surface area contributed by atoms with E-state index in [1.165, 1.54) is 15.6 Å². The lowest BCUT2D eigenvalue weighted by atomic mass is 10.2. The van der Waals surface area contributed by atoms with Crippen molar-refractivity contribution in [3.8, 4) is 5.75 Å². The number of carbonyl (C=O) groups excluding carboxylic acids is 1. The first kappa shape index (κ1) is 22.9. The minimum Gasteiger partial charge on any atom is -0.497 e. The third-order valence-corrected chi connectivity index (χ3v) is 10.0. The Bertz CT molecular complexity index is 1400. The number of pyridine rings is 1. The van der Waals surface area contributed by atoms with Gasteiger partial charge in [-0.1, -0.05) is 17.4 Å². The molecule has 34 heavy (non-hydrogen) atoms. The lowest BCUT2D eigenvalue weighted by Gasteiger charge is -2.28. The first-order valence-corrected chi connectivity index (χ1v) is 13.8. The van der Waals surface area contributed by atoms with E-state index in [1.54, 1.807) is 41.9 Å².